The molecule has 2 heterocycles. The highest BCUT2D eigenvalue weighted by Crippen LogP contribution is 2.15. The van der Waals surface area contributed by atoms with Gasteiger partial charge < -0.3 is 10.1 Å². The van der Waals surface area contributed by atoms with Gasteiger partial charge in [0.1, 0.15) is 6.04 Å². The first-order valence-corrected chi connectivity index (χ1v) is 7.61. The van der Waals surface area contributed by atoms with Gasteiger partial charge in [0.15, 0.2) is 0 Å². The average Bonchev–Trinajstić information content (AvgIpc) is 2.35. The van der Waals surface area contributed by atoms with E-state index in [9.17, 15) is 4.79 Å². The number of piperazine rings is 1. The summed E-state index contributed by atoms with van der Waals surface area (Å²) in [6.45, 7) is 10.8. The van der Waals surface area contributed by atoms with Crippen molar-refractivity contribution < 1.29 is 9.53 Å². The van der Waals surface area contributed by atoms with Gasteiger partial charge in [-0.1, -0.05) is 13.3 Å². The third-order valence-electron chi connectivity index (χ3n) is 4.19. The van der Waals surface area contributed by atoms with Crippen LogP contribution in [0.4, 0.5) is 0 Å². The Morgan fingerprint density at radius 3 is 2.42 bits per heavy atom. The molecule has 0 aromatic carbocycles. The van der Waals surface area contributed by atoms with Gasteiger partial charge in [-0.05, 0) is 13.3 Å². The van der Waals surface area contributed by atoms with E-state index in [1.54, 1.807) is 0 Å². The number of hydrogen-bond donors (Lipinski definition) is 1. The highest BCUT2D eigenvalue weighted by molar-refractivity contribution is 5.75. The quantitative estimate of drug-likeness (QED) is 0.703. The molecule has 2 rings (SSSR count). The molecule has 0 aromatic rings. The molecule has 1 unspecified atom stereocenters. The van der Waals surface area contributed by atoms with E-state index in [-0.39, 0.29) is 12.0 Å². The number of carbonyl (C=O) groups excluding carboxylic acids is 1. The van der Waals surface area contributed by atoms with Crippen LogP contribution in [0, 0.1) is 0 Å². The van der Waals surface area contributed by atoms with Crippen molar-refractivity contribution in [3.05, 3.63) is 0 Å². The molecule has 0 spiro atoms. The van der Waals surface area contributed by atoms with Crippen LogP contribution in [0.5, 0.6) is 0 Å². The largest absolute Gasteiger partial charge is 0.465 e. The van der Waals surface area contributed by atoms with Crippen LogP contribution in [0.2, 0.25) is 0 Å². The molecule has 5 heteroatoms. The smallest absolute Gasteiger partial charge is 0.323 e. The fraction of sp³-hybridized carbons (Fsp3) is 0.929. The number of esters is 1. The topological polar surface area (TPSA) is 44.8 Å². The Kier molecular flexibility index (Phi) is 5.60. The third-order valence-corrected chi connectivity index (χ3v) is 4.19. The lowest BCUT2D eigenvalue weighted by Gasteiger charge is -2.44. The van der Waals surface area contributed by atoms with Crippen molar-refractivity contribution in [1.82, 2.24) is 15.1 Å². The van der Waals surface area contributed by atoms with Gasteiger partial charge in [0.05, 0.1) is 6.61 Å². The highest BCUT2D eigenvalue weighted by Gasteiger charge is 2.32. The SMILES string of the molecule is CCCC(C(=O)OCC)N1CCN(C2CNC2)CC1. The van der Waals surface area contributed by atoms with E-state index in [4.69, 9.17) is 4.74 Å². The second-order valence-corrected chi connectivity index (χ2v) is 5.44. The summed E-state index contributed by atoms with van der Waals surface area (Å²) < 4.78 is 5.21. The van der Waals surface area contributed by atoms with Gasteiger partial charge in [-0.15, -0.1) is 0 Å². The molecule has 0 bridgehead atoms. The van der Waals surface area contributed by atoms with Gasteiger partial charge in [-0.25, -0.2) is 0 Å². The fourth-order valence-corrected chi connectivity index (χ4v) is 2.91. The maximum absolute atomic E-state index is 12.0. The predicted octanol–water partition coefficient (Wildman–Crippen LogP) is 0.308. The van der Waals surface area contributed by atoms with Gasteiger partial charge in [0.2, 0.25) is 0 Å². The van der Waals surface area contributed by atoms with E-state index in [1.165, 1.54) is 0 Å². The Morgan fingerprint density at radius 1 is 1.26 bits per heavy atom. The lowest BCUT2D eigenvalue weighted by molar-refractivity contribution is -0.150. The first kappa shape index (κ1) is 14.8. The lowest BCUT2D eigenvalue weighted by Crippen LogP contribution is -2.62. The molecular formula is C14H27N3O2. The second-order valence-electron chi connectivity index (χ2n) is 5.44. The number of carbonyl (C=O) groups is 1. The molecule has 110 valence electrons. The van der Waals surface area contributed by atoms with Gasteiger partial charge in [0.25, 0.3) is 0 Å². The van der Waals surface area contributed by atoms with Crippen molar-refractivity contribution in [3.8, 4) is 0 Å². The van der Waals surface area contributed by atoms with E-state index < -0.39 is 0 Å². The van der Waals surface area contributed by atoms with E-state index in [0.29, 0.717) is 6.61 Å². The molecule has 19 heavy (non-hydrogen) atoms. The Bertz CT molecular complexity index is 286. The van der Waals surface area contributed by atoms with E-state index in [2.05, 4.69) is 22.0 Å². The summed E-state index contributed by atoms with van der Waals surface area (Å²) in [7, 11) is 0. The van der Waals surface area contributed by atoms with Gasteiger partial charge in [-0.3, -0.25) is 14.6 Å². The van der Waals surface area contributed by atoms with Crippen LogP contribution >= 0.6 is 0 Å². The standard InChI is InChI=1S/C14H27N3O2/c1-3-5-13(14(18)19-4-2)17-8-6-16(7-9-17)12-10-15-11-12/h12-13,15H,3-11H2,1-2H3. The maximum atomic E-state index is 12.0. The summed E-state index contributed by atoms with van der Waals surface area (Å²) in [4.78, 5) is 16.9. The number of hydrogen-bond acceptors (Lipinski definition) is 5. The van der Waals surface area contributed by atoms with Crippen LogP contribution < -0.4 is 5.32 Å². The van der Waals surface area contributed by atoms with Crippen LogP contribution in [0.3, 0.4) is 0 Å². The molecule has 2 aliphatic heterocycles. The van der Waals surface area contributed by atoms with Crippen LogP contribution in [-0.4, -0.2) is 73.7 Å². The zero-order valence-corrected chi connectivity index (χ0v) is 12.2. The molecule has 0 saturated carbocycles. The minimum absolute atomic E-state index is 0.0355. The van der Waals surface area contributed by atoms with Crippen LogP contribution in [0.15, 0.2) is 0 Å². The van der Waals surface area contributed by atoms with Crippen LogP contribution in [0.25, 0.3) is 0 Å². The van der Waals surface area contributed by atoms with Crippen molar-refractivity contribution >= 4 is 5.97 Å². The molecule has 1 N–H and O–H groups in total. The fourth-order valence-electron chi connectivity index (χ4n) is 2.91. The third kappa shape index (κ3) is 3.68. The summed E-state index contributed by atoms with van der Waals surface area (Å²) in [5.41, 5.74) is 0. The van der Waals surface area contributed by atoms with E-state index in [1.807, 2.05) is 6.92 Å². The molecule has 0 aliphatic carbocycles. The zero-order chi connectivity index (χ0) is 13.7. The van der Waals surface area contributed by atoms with Gasteiger partial charge >= 0.3 is 5.97 Å². The summed E-state index contributed by atoms with van der Waals surface area (Å²) in [6, 6.07) is 0.681. The van der Waals surface area contributed by atoms with Crippen LogP contribution in [-0.2, 0) is 9.53 Å². The molecule has 2 fully saturated rings. The normalized spacial score (nSPS) is 23.9. The van der Waals surface area contributed by atoms with E-state index >= 15 is 0 Å². The van der Waals surface area contributed by atoms with Crippen molar-refractivity contribution in [2.75, 3.05) is 45.9 Å². The summed E-state index contributed by atoms with van der Waals surface area (Å²) in [6.07, 6.45) is 1.93. The Hall–Kier alpha value is -0.650. The van der Waals surface area contributed by atoms with Gasteiger partial charge in [-0.2, -0.15) is 0 Å². The number of nitrogens with zero attached hydrogens (tertiary/aromatic N) is 2. The molecule has 5 nitrogen and oxygen atoms in total. The molecule has 2 saturated heterocycles. The monoisotopic (exact) mass is 269 g/mol. The minimum atomic E-state index is -0.0388. The Balaban J connectivity index is 1.83. The zero-order valence-electron chi connectivity index (χ0n) is 12.2. The van der Waals surface area contributed by atoms with Crippen LogP contribution in [0.1, 0.15) is 26.7 Å². The molecule has 0 amide bonds. The molecule has 1 atom stereocenters. The average molecular weight is 269 g/mol. The number of ether oxygens (including phenoxy) is 1. The van der Waals surface area contributed by atoms with Crippen molar-refractivity contribution in [1.29, 1.82) is 0 Å². The Labute approximate surface area is 116 Å². The molecular weight excluding hydrogens is 242 g/mol. The predicted molar refractivity (Wildman–Crippen MR) is 75.1 cm³/mol. The van der Waals surface area contributed by atoms with Crippen molar-refractivity contribution in [2.45, 2.75) is 38.8 Å². The first-order valence-electron chi connectivity index (χ1n) is 7.61. The number of nitrogens with one attached hydrogen (secondary N) is 1. The molecule has 0 aromatic heterocycles. The van der Waals surface area contributed by atoms with Crippen molar-refractivity contribution in [2.24, 2.45) is 0 Å². The summed E-state index contributed by atoms with van der Waals surface area (Å²) >= 11 is 0. The summed E-state index contributed by atoms with van der Waals surface area (Å²) in [5.74, 6) is -0.0388. The van der Waals surface area contributed by atoms with Crippen molar-refractivity contribution in [3.63, 3.8) is 0 Å². The maximum Gasteiger partial charge on any atom is 0.323 e. The minimum Gasteiger partial charge on any atom is -0.465 e. The highest BCUT2D eigenvalue weighted by atomic mass is 16.5. The summed E-state index contributed by atoms with van der Waals surface area (Å²) in [5, 5.41) is 3.32. The lowest BCUT2D eigenvalue weighted by atomic mass is 10.1. The first-order chi connectivity index (χ1) is 9.26. The molecule has 0 radical (unpaired) electrons. The molecule has 2 aliphatic rings. The van der Waals surface area contributed by atoms with E-state index in [0.717, 1.165) is 58.2 Å². The number of rotatable bonds is 6. The van der Waals surface area contributed by atoms with Gasteiger partial charge in [0, 0.05) is 45.3 Å². The second kappa shape index (κ2) is 7.22. The Morgan fingerprint density at radius 2 is 1.95 bits per heavy atom.